The molecule has 1 amide bonds. The number of nitrogens with zero attached hydrogens (tertiary/aromatic N) is 1. The molecule has 122 valence electrons. The zero-order valence-corrected chi connectivity index (χ0v) is 13.7. The highest BCUT2D eigenvalue weighted by atomic mass is 16.5. The van der Waals surface area contributed by atoms with E-state index in [9.17, 15) is 4.79 Å². The van der Waals surface area contributed by atoms with Crippen LogP contribution in [-0.2, 0) is 11.3 Å². The number of anilines is 1. The number of methoxy groups -OCH3 is 1. The number of para-hydroxylation sites is 2. The Morgan fingerprint density at radius 2 is 1.83 bits per heavy atom. The summed E-state index contributed by atoms with van der Waals surface area (Å²) in [6.07, 6.45) is 0. The number of rotatable bonds is 7. The maximum Gasteiger partial charge on any atom is 0.262 e. The average Bonchev–Trinajstić information content (AvgIpc) is 2.53. The highest BCUT2D eigenvalue weighted by molar-refractivity contribution is 5.91. The van der Waals surface area contributed by atoms with E-state index in [1.165, 1.54) is 0 Å². The first-order valence-electron chi connectivity index (χ1n) is 7.38. The Labute approximate surface area is 136 Å². The van der Waals surface area contributed by atoms with Crippen molar-refractivity contribution in [1.82, 2.24) is 4.90 Å². The quantitative estimate of drug-likeness (QED) is 0.854. The van der Waals surface area contributed by atoms with Gasteiger partial charge in [0.2, 0.25) is 0 Å². The first-order chi connectivity index (χ1) is 11.1. The molecule has 0 aromatic heterocycles. The number of hydrogen-bond donors (Lipinski definition) is 1. The first kappa shape index (κ1) is 16.8. The Morgan fingerprint density at radius 3 is 2.52 bits per heavy atom. The van der Waals surface area contributed by atoms with Crippen LogP contribution < -0.4 is 14.8 Å². The lowest BCUT2D eigenvalue weighted by Crippen LogP contribution is -2.20. The number of hydrogen-bond acceptors (Lipinski definition) is 4. The molecule has 0 aliphatic carbocycles. The van der Waals surface area contributed by atoms with Gasteiger partial charge in [-0.25, -0.2) is 0 Å². The lowest BCUT2D eigenvalue weighted by atomic mass is 10.2. The lowest BCUT2D eigenvalue weighted by Gasteiger charge is -2.12. The zero-order chi connectivity index (χ0) is 16.7. The monoisotopic (exact) mass is 314 g/mol. The summed E-state index contributed by atoms with van der Waals surface area (Å²) >= 11 is 0. The van der Waals surface area contributed by atoms with E-state index in [2.05, 4.69) is 10.2 Å². The van der Waals surface area contributed by atoms with Gasteiger partial charge in [-0.3, -0.25) is 4.79 Å². The van der Waals surface area contributed by atoms with Gasteiger partial charge in [-0.2, -0.15) is 0 Å². The van der Waals surface area contributed by atoms with Crippen LogP contribution in [0.3, 0.4) is 0 Å². The molecule has 2 aromatic rings. The molecule has 0 radical (unpaired) electrons. The number of nitrogens with one attached hydrogen (secondary N) is 1. The molecule has 0 fully saturated rings. The van der Waals surface area contributed by atoms with Gasteiger partial charge < -0.3 is 19.7 Å². The number of carbonyl (C=O) groups is 1. The third kappa shape index (κ3) is 5.30. The third-order valence-corrected chi connectivity index (χ3v) is 3.14. The van der Waals surface area contributed by atoms with Crippen LogP contribution >= 0.6 is 0 Å². The second kappa shape index (κ2) is 8.19. The molecule has 0 unspecified atom stereocenters. The predicted molar refractivity (Wildman–Crippen MR) is 91.0 cm³/mol. The molecular weight excluding hydrogens is 292 g/mol. The average molecular weight is 314 g/mol. The molecule has 0 saturated carbocycles. The summed E-state index contributed by atoms with van der Waals surface area (Å²) in [5, 5.41) is 2.84. The fraction of sp³-hybridized carbons (Fsp3) is 0.278. The Balaban J connectivity index is 1.92. The van der Waals surface area contributed by atoms with Gasteiger partial charge >= 0.3 is 0 Å². The zero-order valence-electron chi connectivity index (χ0n) is 13.7. The van der Waals surface area contributed by atoms with Crippen molar-refractivity contribution in [2.75, 3.05) is 33.1 Å². The summed E-state index contributed by atoms with van der Waals surface area (Å²) in [5.41, 5.74) is 1.90. The minimum atomic E-state index is -0.210. The number of ether oxygens (including phenoxy) is 2. The standard InChI is InChI=1S/C18H22N2O3/c1-20(2)12-14-7-6-8-15(11-14)19-18(21)13-23-17-10-5-4-9-16(17)22-3/h4-11H,12-13H2,1-3H3,(H,19,21). The number of amides is 1. The second-order valence-electron chi connectivity index (χ2n) is 5.43. The van der Waals surface area contributed by atoms with E-state index >= 15 is 0 Å². The van der Waals surface area contributed by atoms with Crippen molar-refractivity contribution in [2.45, 2.75) is 6.54 Å². The molecule has 0 saturated heterocycles. The van der Waals surface area contributed by atoms with Crippen molar-refractivity contribution < 1.29 is 14.3 Å². The predicted octanol–water partition coefficient (Wildman–Crippen LogP) is 2.77. The fourth-order valence-corrected chi connectivity index (χ4v) is 2.19. The minimum absolute atomic E-state index is 0.0711. The van der Waals surface area contributed by atoms with E-state index in [-0.39, 0.29) is 12.5 Å². The summed E-state index contributed by atoms with van der Waals surface area (Å²) in [7, 11) is 5.58. The maximum absolute atomic E-state index is 12.0. The maximum atomic E-state index is 12.0. The van der Waals surface area contributed by atoms with Crippen molar-refractivity contribution in [3.63, 3.8) is 0 Å². The van der Waals surface area contributed by atoms with Gasteiger partial charge in [0.1, 0.15) is 0 Å². The minimum Gasteiger partial charge on any atom is -0.493 e. The molecule has 0 bridgehead atoms. The molecule has 5 nitrogen and oxygen atoms in total. The Bertz CT molecular complexity index is 656. The molecule has 2 rings (SSSR count). The largest absolute Gasteiger partial charge is 0.493 e. The van der Waals surface area contributed by atoms with E-state index in [1.54, 1.807) is 19.2 Å². The van der Waals surface area contributed by atoms with Crippen molar-refractivity contribution in [2.24, 2.45) is 0 Å². The van der Waals surface area contributed by atoms with Crippen molar-refractivity contribution >= 4 is 11.6 Å². The molecule has 0 spiro atoms. The summed E-state index contributed by atoms with van der Waals surface area (Å²) in [6, 6.07) is 15.0. The topological polar surface area (TPSA) is 50.8 Å². The normalized spacial score (nSPS) is 10.4. The Hall–Kier alpha value is -2.53. The van der Waals surface area contributed by atoms with Gasteiger partial charge in [-0.1, -0.05) is 24.3 Å². The van der Waals surface area contributed by atoms with Crippen LogP contribution in [0.5, 0.6) is 11.5 Å². The van der Waals surface area contributed by atoms with Gasteiger partial charge in [0, 0.05) is 12.2 Å². The van der Waals surface area contributed by atoms with Gasteiger partial charge in [0.25, 0.3) is 5.91 Å². The molecule has 0 heterocycles. The molecule has 0 aliphatic rings. The van der Waals surface area contributed by atoms with Crippen LogP contribution in [0.1, 0.15) is 5.56 Å². The Morgan fingerprint density at radius 1 is 1.09 bits per heavy atom. The van der Waals surface area contributed by atoms with Crippen LogP contribution in [-0.4, -0.2) is 38.6 Å². The first-order valence-corrected chi connectivity index (χ1v) is 7.38. The summed E-state index contributed by atoms with van der Waals surface area (Å²) in [5.74, 6) is 0.942. The van der Waals surface area contributed by atoms with E-state index in [0.717, 1.165) is 17.8 Å². The van der Waals surface area contributed by atoms with Crippen molar-refractivity contribution in [3.8, 4) is 11.5 Å². The van der Waals surface area contributed by atoms with Crippen molar-refractivity contribution in [1.29, 1.82) is 0 Å². The second-order valence-corrected chi connectivity index (χ2v) is 5.43. The smallest absolute Gasteiger partial charge is 0.262 e. The van der Waals surface area contributed by atoms with Crippen molar-refractivity contribution in [3.05, 3.63) is 54.1 Å². The molecule has 5 heteroatoms. The van der Waals surface area contributed by atoms with Crippen LogP contribution in [0.2, 0.25) is 0 Å². The number of benzene rings is 2. The Kier molecular flexibility index (Phi) is 6.00. The van der Waals surface area contributed by atoms with Crippen LogP contribution in [0.25, 0.3) is 0 Å². The molecule has 0 atom stereocenters. The van der Waals surface area contributed by atoms with Crippen LogP contribution in [0, 0.1) is 0 Å². The molecule has 0 aliphatic heterocycles. The molecule has 1 N–H and O–H groups in total. The summed E-state index contributed by atoms with van der Waals surface area (Å²) in [4.78, 5) is 14.1. The molecular formula is C18H22N2O3. The van der Waals surface area contributed by atoms with E-state index in [1.807, 2.05) is 50.5 Å². The van der Waals surface area contributed by atoms with Gasteiger partial charge in [0.15, 0.2) is 18.1 Å². The van der Waals surface area contributed by atoms with E-state index in [0.29, 0.717) is 11.5 Å². The van der Waals surface area contributed by atoms with E-state index in [4.69, 9.17) is 9.47 Å². The van der Waals surface area contributed by atoms with E-state index < -0.39 is 0 Å². The molecule has 23 heavy (non-hydrogen) atoms. The highest BCUT2D eigenvalue weighted by Gasteiger charge is 2.07. The SMILES string of the molecule is COc1ccccc1OCC(=O)Nc1cccc(CN(C)C)c1. The van der Waals surface area contributed by atoms with Crippen LogP contribution in [0.4, 0.5) is 5.69 Å². The van der Waals surface area contributed by atoms with Crippen LogP contribution in [0.15, 0.2) is 48.5 Å². The van der Waals surface area contributed by atoms with Gasteiger partial charge in [0.05, 0.1) is 7.11 Å². The molecule has 2 aromatic carbocycles. The summed E-state index contributed by atoms with van der Waals surface area (Å²) in [6.45, 7) is 0.750. The van der Waals surface area contributed by atoms with Gasteiger partial charge in [-0.05, 0) is 43.9 Å². The number of carbonyl (C=O) groups excluding carboxylic acids is 1. The fourth-order valence-electron chi connectivity index (χ4n) is 2.19. The highest BCUT2D eigenvalue weighted by Crippen LogP contribution is 2.25. The lowest BCUT2D eigenvalue weighted by molar-refractivity contribution is -0.118. The third-order valence-electron chi connectivity index (χ3n) is 3.14. The van der Waals surface area contributed by atoms with Gasteiger partial charge in [-0.15, -0.1) is 0 Å². The summed E-state index contributed by atoms with van der Waals surface area (Å²) < 4.78 is 10.7.